The van der Waals surface area contributed by atoms with Crippen LogP contribution in [0.4, 0.5) is 0 Å². The van der Waals surface area contributed by atoms with Gasteiger partial charge in [0.1, 0.15) is 5.69 Å². The number of hydrogen-bond donors (Lipinski definition) is 1. The second kappa shape index (κ2) is 6.71. The molecule has 1 fully saturated rings. The number of amides is 2. The molecule has 2 aliphatic carbocycles. The zero-order chi connectivity index (χ0) is 18.3. The molecule has 3 aliphatic rings. The minimum absolute atomic E-state index is 0.00867. The van der Waals surface area contributed by atoms with E-state index in [1.54, 1.807) is 0 Å². The van der Waals surface area contributed by atoms with Crippen LogP contribution >= 0.6 is 0 Å². The van der Waals surface area contributed by atoms with Crippen LogP contribution in [0.2, 0.25) is 0 Å². The normalized spacial score (nSPS) is 22.0. The van der Waals surface area contributed by atoms with Crippen LogP contribution < -0.4 is 5.73 Å². The van der Waals surface area contributed by atoms with Gasteiger partial charge in [-0.05, 0) is 73.3 Å². The number of fused-ring (bicyclic) bond motifs is 2. The maximum Gasteiger partial charge on any atom is 0.267 e. The Morgan fingerprint density at radius 2 is 2.08 bits per heavy atom. The third-order valence-electron chi connectivity index (χ3n) is 6.06. The van der Waals surface area contributed by atoms with E-state index in [1.807, 2.05) is 11.1 Å². The average Bonchev–Trinajstić information content (AvgIpc) is 3.06. The summed E-state index contributed by atoms with van der Waals surface area (Å²) in [5, 5.41) is 0. The van der Waals surface area contributed by atoms with Gasteiger partial charge in [0, 0.05) is 25.2 Å². The molecule has 1 unspecified atom stereocenters. The van der Waals surface area contributed by atoms with Crippen molar-refractivity contribution in [1.29, 1.82) is 0 Å². The van der Waals surface area contributed by atoms with Crippen molar-refractivity contribution in [3.8, 4) is 0 Å². The van der Waals surface area contributed by atoms with Gasteiger partial charge in [-0.25, -0.2) is 0 Å². The molecule has 0 radical (unpaired) electrons. The molecule has 1 aromatic heterocycles. The van der Waals surface area contributed by atoms with Crippen molar-refractivity contribution in [3.63, 3.8) is 0 Å². The summed E-state index contributed by atoms with van der Waals surface area (Å²) < 4.78 is 0. The van der Waals surface area contributed by atoms with E-state index in [9.17, 15) is 9.59 Å². The van der Waals surface area contributed by atoms with E-state index in [2.05, 4.69) is 11.6 Å². The third-order valence-corrected chi connectivity index (χ3v) is 6.06. The second-order valence-corrected chi connectivity index (χ2v) is 7.57. The maximum atomic E-state index is 12.1. The van der Waals surface area contributed by atoms with Gasteiger partial charge in [0.05, 0.1) is 0 Å². The van der Waals surface area contributed by atoms with Gasteiger partial charge in [-0.15, -0.1) is 0 Å². The van der Waals surface area contributed by atoms with Crippen molar-refractivity contribution in [1.82, 2.24) is 9.88 Å². The first-order valence-electron chi connectivity index (χ1n) is 9.54. The molecule has 0 spiro atoms. The van der Waals surface area contributed by atoms with Gasteiger partial charge < -0.3 is 10.6 Å². The fourth-order valence-corrected chi connectivity index (χ4v) is 4.86. The molecule has 136 valence electrons. The van der Waals surface area contributed by atoms with E-state index in [0.29, 0.717) is 12.2 Å². The highest BCUT2D eigenvalue weighted by atomic mass is 16.2. The molecule has 0 bridgehead atoms. The number of likely N-dealkylation sites (tertiary alicyclic amines) is 1. The number of carbonyl (C=O) groups excluding carboxylic acids is 2. The molecule has 1 atom stereocenters. The summed E-state index contributed by atoms with van der Waals surface area (Å²) in [6, 6.07) is 0. The molecule has 1 aromatic rings. The van der Waals surface area contributed by atoms with E-state index >= 15 is 0 Å². The lowest BCUT2D eigenvalue weighted by atomic mass is 9.83. The standard InChI is InChI=1S/C21H25N3O2/c1-2-18(25)24-9-5-7-14(12-24)17-11-23-20(21(22)26)16-10-13-6-3-4-8-15(13)19(16)17/h2,11,14H,1,3-10,12H2,(H2,22,26). The van der Waals surface area contributed by atoms with Gasteiger partial charge in [-0.2, -0.15) is 0 Å². The molecule has 0 aromatic carbocycles. The fraction of sp³-hybridized carbons (Fsp3) is 0.476. The molecule has 2 heterocycles. The van der Waals surface area contributed by atoms with Gasteiger partial charge in [-0.1, -0.05) is 12.2 Å². The van der Waals surface area contributed by atoms with Gasteiger partial charge in [0.15, 0.2) is 0 Å². The van der Waals surface area contributed by atoms with Gasteiger partial charge in [0.2, 0.25) is 5.91 Å². The van der Waals surface area contributed by atoms with Crippen molar-refractivity contribution >= 4 is 17.4 Å². The van der Waals surface area contributed by atoms with E-state index in [0.717, 1.165) is 44.2 Å². The zero-order valence-corrected chi connectivity index (χ0v) is 15.1. The average molecular weight is 351 g/mol. The van der Waals surface area contributed by atoms with Crippen molar-refractivity contribution in [3.05, 3.63) is 46.8 Å². The molecule has 2 N–H and O–H groups in total. The third kappa shape index (κ3) is 2.75. The Hall–Kier alpha value is -2.43. The van der Waals surface area contributed by atoms with Gasteiger partial charge in [0.25, 0.3) is 5.91 Å². The lowest BCUT2D eigenvalue weighted by Crippen LogP contribution is -2.38. The van der Waals surface area contributed by atoms with Crippen LogP contribution in [-0.2, 0) is 11.2 Å². The van der Waals surface area contributed by atoms with E-state index in [4.69, 9.17) is 5.73 Å². The van der Waals surface area contributed by atoms with Crippen molar-refractivity contribution in [2.75, 3.05) is 13.1 Å². The Labute approximate surface area is 154 Å². The lowest BCUT2D eigenvalue weighted by Gasteiger charge is -2.33. The Kier molecular flexibility index (Phi) is 4.39. The van der Waals surface area contributed by atoms with Crippen LogP contribution in [-0.4, -0.2) is 34.8 Å². The predicted molar refractivity (Wildman–Crippen MR) is 101 cm³/mol. The number of carbonyl (C=O) groups is 2. The number of allylic oxidation sites excluding steroid dienone is 2. The molecule has 5 heteroatoms. The molecule has 4 rings (SSSR count). The summed E-state index contributed by atoms with van der Waals surface area (Å²) in [7, 11) is 0. The summed E-state index contributed by atoms with van der Waals surface area (Å²) in [5.74, 6) is -0.199. The highest BCUT2D eigenvalue weighted by Gasteiger charge is 2.34. The van der Waals surface area contributed by atoms with Crippen molar-refractivity contribution in [2.24, 2.45) is 5.73 Å². The number of nitrogens with two attached hydrogens (primary N) is 1. The summed E-state index contributed by atoms with van der Waals surface area (Å²) in [6.45, 7) is 5.09. The highest BCUT2D eigenvalue weighted by molar-refractivity contribution is 5.96. The smallest absolute Gasteiger partial charge is 0.267 e. The maximum absolute atomic E-state index is 12.1. The largest absolute Gasteiger partial charge is 0.364 e. The highest BCUT2D eigenvalue weighted by Crippen LogP contribution is 2.46. The van der Waals surface area contributed by atoms with Crippen LogP contribution in [0.5, 0.6) is 0 Å². The molecule has 26 heavy (non-hydrogen) atoms. The van der Waals surface area contributed by atoms with Gasteiger partial charge >= 0.3 is 0 Å². The van der Waals surface area contributed by atoms with Crippen LogP contribution in [0.1, 0.15) is 71.6 Å². The summed E-state index contributed by atoms with van der Waals surface area (Å²) in [4.78, 5) is 30.3. The first-order chi connectivity index (χ1) is 12.6. The Morgan fingerprint density at radius 3 is 2.85 bits per heavy atom. The number of piperidine rings is 1. The molecule has 5 nitrogen and oxygen atoms in total. The molecular formula is C21H25N3O2. The Morgan fingerprint density at radius 1 is 1.27 bits per heavy atom. The molecule has 0 saturated carbocycles. The number of rotatable bonds is 3. The SMILES string of the molecule is C=CC(=O)N1CCCC(c2cnc(C(N)=O)c3c2C2=C(CCCC2)C3)C1. The van der Waals surface area contributed by atoms with Crippen molar-refractivity contribution < 1.29 is 9.59 Å². The summed E-state index contributed by atoms with van der Waals surface area (Å²) >= 11 is 0. The van der Waals surface area contributed by atoms with E-state index in [-0.39, 0.29) is 11.8 Å². The minimum atomic E-state index is -0.445. The van der Waals surface area contributed by atoms with E-state index < -0.39 is 5.91 Å². The Balaban J connectivity index is 1.77. The first kappa shape index (κ1) is 17.0. The number of pyridine rings is 1. The van der Waals surface area contributed by atoms with Crippen LogP contribution in [0.25, 0.3) is 5.57 Å². The lowest BCUT2D eigenvalue weighted by molar-refractivity contribution is -0.127. The molecule has 1 saturated heterocycles. The summed E-state index contributed by atoms with van der Waals surface area (Å²) in [6.07, 6.45) is 10.6. The number of hydrogen-bond acceptors (Lipinski definition) is 3. The monoisotopic (exact) mass is 351 g/mol. The quantitative estimate of drug-likeness (QED) is 0.851. The molecule has 1 aliphatic heterocycles. The fourth-order valence-electron chi connectivity index (χ4n) is 4.86. The van der Waals surface area contributed by atoms with Crippen LogP contribution in [0.15, 0.2) is 24.4 Å². The topological polar surface area (TPSA) is 76.3 Å². The van der Waals surface area contributed by atoms with Crippen LogP contribution in [0.3, 0.4) is 0 Å². The summed E-state index contributed by atoms with van der Waals surface area (Å²) in [5.41, 5.74) is 12.3. The first-order valence-corrected chi connectivity index (χ1v) is 9.54. The second-order valence-electron chi connectivity index (χ2n) is 7.57. The van der Waals surface area contributed by atoms with Crippen molar-refractivity contribution in [2.45, 2.75) is 50.9 Å². The van der Waals surface area contributed by atoms with Crippen LogP contribution in [0, 0.1) is 0 Å². The molecule has 2 amide bonds. The van der Waals surface area contributed by atoms with E-state index in [1.165, 1.54) is 41.2 Å². The zero-order valence-electron chi connectivity index (χ0n) is 15.1. The van der Waals surface area contributed by atoms with Gasteiger partial charge in [-0.3, -0.25) is 14.6 Å². The molecular weight excluding hydrogens is 326 g/mol. The predicted octanol–water partition coefficient (Wildman–Crippen LogP) is 2.96. The minimum Gasteiger partial charge on any atom is -0.364 e. The Bertz CT molecular complexity index is 825. The number of primary amides is 1. The number of nitrogens with zero attached hydrogens (tertiary/aromatic N) is 2. The number of aromatic nitrogens is 1.